The molecule has 0 aliphatic heterocycles. The lowest BCUT2D eigenvalue weighted by Crippen LogP contribution is -2.41. The van der Waals surface area contributed by atoms with Gasteiger partial charge < -0.3 is 11.1 Å². The van der Waals surface area contributed by atoms with Crippen LogP contribution in [0.2, 0.25) is 0 Å². The first kappa shape index (κ1) is 10.5. The van der Waals surface area contributed by atoms with Crippen molar-refractivity contribution in [1.29, 1.82) is 0 Å². The minimum absolute atomic E-state index is 0.0532. The Bertz CT molecular complexity index is 178. The van der Waals surface area contributed by atoms with Gasteiger partial charge in [-0.25, -0.2) is 0 Å². The maximum absolute atomic E-state index is 10.7. The summed E-state index contributed by atoms with van der Waals surface area (Å²) in [5.74, 6) is 0.552. The first-order valence-electron chi connectivity index (χ1n) is 5.14. The fraction of sp³-hybridized carbons (Fsp3) is 0.900. The summed E-state index contributed by atoms with van der Waals surface area (Å²) in [6, 6.07) is 0.538. The summed E-state index contributed by atoms with van der Waals surface area (Å²) in [6.07, 6.45) is 4.03. The topological polar surface area (TPSA) is 55.1 Å². The highest BCUT2D eigenvalue weighted by Crippen LogP contribution is 2.29. The van der Waals surface area contributed by atoms with Crippen LogP contribution in [0.4, 0.5) is 0 Å². The molecular weight excluding hydrogens is 164 g/mol. The van der Waals surface area contributed by atoms with Gasteiger partial charge in [-0.1, -0.05) is 13.3 Å². The molecule has 0 aromatic heterocycles. The number of primary amides is 1. The van der Waals surface area contributed by atoms with Crippen molar-refractivity contribution in [3.63, 3.8) is 0 Å². The molecule has 76 valence electrons. The summed E-state index contributed by atoms with van der Waals surface area (Å²) < 4.78 is 0. The number of amides is 1. The van der Waals surface area contributed by atoms with Crippen molar-refractivity contribution in [3.05, 3.63) is 0 Å². The Morgan fingerprint density at radius 2 is 2.15 bits per heavy atom. The second-order valence-electron chi connectivity index (χ2n) is 4.19. The van der Waals surface area contributed by atoms with Crippen LogP contribution >= 0.6 is 0 Å². The van der Waals surface area contributed by atoms with Gasteiger partial charge in [-0.05, 0) is 25.7 Å². The smallest absolute Gasteiger partial charge is 0.221 e. The normalized spacial score (nSPS) is 22.0. The quantitative estimate of drug-likeness (QED) is 0.666. The highest BCUT2D eigenvalue weighted by molar-refractivity contribution is 5.76. The van der Waals surface area contributed by atoms with E-state index >= 15 is 0 Å². The lowest BCUT2D eigenvalue weighted by Gasteiger charge is -2.32. The molecule has 2 unspecified atom stereocenters. The summed E-state index contributed by atoms with van der Waals surface area (Å²) in [4.78, 5) is 10.7. The van der Waals surface area contributed by atoms with E-state index in [1.54, 1.807) is 0 Å². The summed E-state index contributed by atoms with van der Waals surface area (Å²) in [5, 5.41) is 3.36. The zero-order chi connectivity index (χ0) is 9.84. The molecule has 1 aliphatic rings. The summed E-state index contributed by atoms with van der Waals surface area (Å²) in [6.45, 7) is 4.77. The van der Waals surface area contributed by atoms with Crippen LogP contribution in [0.1, 0.15) is 33.1 Å². The lowest BCUT2D eigenvalue weighted by molar-refractivity contribution is -0.121. The minimum Gasteiger partial charge on any atom is -0.369 e. The predicted molar refractivity (Wildman–Crippen MR) is 53.2 cm³/mol. The minimum atomic E-state index is -0.215. The number of carbonyl (C=O) groups excluding carboxylic acids is 1. The maximum atomic E-state index is 10.7. The molecule has 1 aliphatic carbocycles. The SMILES string of the molecule is CC(CNC(C)C1CCC1)C(N)=O. The van der Waals surface area contributed by atoms with E-state index in [1.807, 2.05) is 6.92 Å². The maximum Gasteiger partial charge on any atom is 0.221 e. The third-order valence-electron chi connectivity index (χ3n) is 3.09. The molecule has 1 fully saturated rings. The van der Waals surface area contributed by atoms with Gasteiger partial charge in [0, 0.05) is 18.5 Å². The fourth-order valence-corrected chi connectivity index (χ4v) is 1.57. The van der Waals surface area contributed by atoms with Crippen molar-refractivity contribution in [3.8, 4) is 0 Å². The summed E-state index contributed by atoms with van der Waals surface area (Å²) in [7, 11) is 0. The standard InChI is InChI=1S/C10H20N2O/c1-7(10(11)13)6-12-8(2)9-4-3-5-9/h7-9,12H,3-6H2,1-2H3,(H2,11,13). The van der Waals surface area contributed by atoms with Crippen molar-refractivity contribution in [2.24, 2.45) is 17.6 Å². The van der Waals surface area contributed by atoms with E-state index in [-0.39, 0.29) is 11.8 Å². The molecule has 0 aromatic rings. The van der Waals surface area contributed by atoms with Gasteiger partial charge in [0.1, 0.15) is 0 Å². The molecule has 3 heteroatoms. The third kappa shape index (κ3) is 2.99. The molecule has 1 amide bonds. The molecular formula is C10H20N2O. The van der Waals surface area contributed by atoms with E-state index in [0.29, 0.717) is 12.6 Å². The lowest BCUT2D eigenvalue weighted by atomic mass is 9.80. The Balaban J connectivity index is 2.13. The molecule has 0 spiro atoms. The molecule has 3 nitrogen and oxygen atoms in total. The number of rotatable bonds is 5. The molecule has 3 N–H and O–H groups in total. The van der Waals surface area contributed by atoms with Crippen LogP contribution in [0, 0.1) is 11.8 Å². The van der Waals surface area contributed by atoms with Crippen LogP contribution in [0.3, 0.4) is 0 Å². The van der Waals surface area contributed by atoms with Gasteiger partial charge in [-0.15, -0.1) is 0 Å². The molecule has 13 heavy (non-hydrogen) atoms. The Morgan fingerprint density at radius 3 is 2.54 bits per heavy atom. The van der Waals surface area contributed by atoms with Crippen LogP contribution in [0.25, 0.3) is 0 Å². The van der Waals surface area contributed by atoms with Crippen LogP contribution in [0.15, 0.2) is 0 Å². The van der Waals surface area contributed by atoms with Gasteiger partial charge in [-0.3, -0.25) is 4.79 Å². The van der Waals surface area contributed by atoms with E-state index in [2.05, 4.69) is 12.2 Å². The van der Waals surface area contributed by atoms with E-state index in [0.717, 1.165) is 5.92 Å². The van der Waals surface area contributed by atoms with E-state index < -0.39 is 0 Å². The molecule has 2 atom stereocenters. The molecule has 0 saturated heterocycles. The Hall–Kier alpha value is -0.570. The third-order valence-corrected chi connectivity index (χ3v) is 3.09. The van der Waals surface area contributed by atoms with Crippen molar-refractivity contribution in [2.75, 3.05) is 6.54 Å². The zero-order valence-electron chi connectivity index (χ0n) is 8.55. The first-order chi connectivity index (χ1) is 6.11. The zero-order valence-corrected chi connectivity index (χ0v) is 8.55. The van der Waals surface area contributed by atoms with Crippen LogP contribution in [0.5, 0.6) is 0 Å². The first-order valence-corrected chi connectivity index (χ1v) is 5.14. The van der Waals surface area contributed by atoms with Gasteiger partial charge in [0.25, 0.3) is 0 Å². The highest BCUT2D eigenvalue weighted by atomic mass is 16.1. The molecule has 0 bridgehead atoms. The number of nitrogens with two attached hydrogens (primary N) is 1. The van der Waals surface area contributed by atoms with Gasteiger partial charge >= 0.3 is 0 Å². The highest BCUT2D eigenvalue weighted by Gasteiger charge is 2.23. The van der Waals surface area contributed by atoms with Crippen LogP contribution in [-0.4, -0.2) is 18.5 Å². The molecule has 1 saturated carbocycles. The fourth-order valence-electron chi connectivity index (χ4n) is 1.57. The number of hydrogen-bond acceptors (Lipinski definition) is 2. The average Bonchev–Trinajstić information content (AvgIpc) is 1.96. The van der Waals surface area contributed by atoms with E-state index in [1.165, 1.54) is 19.3 Å². The largest absolute Gasteiger partial charge is 0.369 e. The number of carbonyl (C=O) groups is 1. The summed E-state index contributed by atoms with van der Waals surface area (Å²) >= 11 is 0. The predicted octanol–water partition coefficient (Wildman–Crippen LogP) is 0.886. The van der Waals surface area contributed by atoms with Crippen LogP contribution in [-0.2, 0) is 4.79 Å². The van der Waals surface area contributed by atoms with Crippen LogP contribution < -0.4 is 11.1 Å². The van der Waals surface area contributed by atoms with E-state index in [4.69, 9.17) is 5.73 Å². The monoisotopic (exact) mass is 184 g/mol. The summed E-state index contributed by atoms with van der Waals surface area (Å²) in [5.41, 5.74) is 5.17. The molecule has 0 radical (unpaired) electrons. The van der Waals surface area contributed by atoms with Crippen molar-refractivity contribution in [1.82, 2.24) is 5.32 Å². The molecule has 0 heterocycles. The average molecular weight is 184 g/mol. The van der Waals surface area contributed by atoms with Gasteiger partial charge in [0.15, 0.2) is 0 Å². The van der Waals surface area contributed by atoms with Crippen molar-refractivity contribution < 1.29 is 4.79 Å². The van der Waals surface area contributed by atoms with Crippen molar-refractivity contribution in [2.45, 2.75) is 39.2 Å². The molecule has 1 rings (SSSR count). The second-order valence-corrected chi connectivity index (χ2v) is 4.19. The van der Waals surface area contributed by atoms with Gasteiger partial charge in [0.05, 0.1) is 0 Å². The Kier molecular flexibility index (Phi) is 3.72. The van der Waals surface area contributed by atoms with Gasteiger partial charge in [-0.2, -0.15) is 0 Å². The van der Waals surface area contributed by atoms with Gasteiger partial charge in [0.2, 0.25) is 5.91 Å². The second kappa shape index (κ2) is 4.61. The Morgan fingerprint density at radius 1 is 1.54 bits per heavy atom. The molecule has 0 aromatic carbocycles. The Labute approximate surface area is 80.1 Å². The number of nitrogens with one attached hydrogen (secondary N) is 1. The number of hydrogen-bond donors (Lipinski definition) is 2. The van der Waals surface area contributed by atoms with E-state index in [9.17, 15) is 4.79 Å². The van der Waals surface area contributed by atoms with Crippen molar-refractivity contribution >= 4 is 5.91 Å².